The summed E-state index contributed by atoms with van der Waals surface area (Å²) in [5, 5.41) is 5.70. The van der Waals surface area contributed by atoms with Crippen LogP contribution < -0.4 is 16.2 Å². The lowest BCUT2D eigenvalue weighted by Crippen LogP contribution is -2.30. The predicted octanol–water partition coefficient (Wildman–Crippen LogP) is 3.37. The maximum Gasteiger partial charge on any atom is 0.319 e. The van der Waals surface area contributed by atoms with Gasteiger partial charge in [-0.05, 0) is 44.7 Å². The molecule has 1 heterocycles. The minimum atomic E-state index is -0.218. The van der Waals surface area contributed by atoms with Crippen LogP contribution in [-0.4, -0.2) is 22.5 Å². The molecule has 0 radical (unpaired) electrons. The van der Waals surface area contributed by atoms with Crippen molar-refractivity contribution in [2.75, 3.05) is 11.9 Å². The van der Waals surface area contributed by atoms with Crippen molar-refractivity contribution in [1.82, 2.24) is 15.3 Å². The van der Waals surface area contributed by atoms with Gasteiger partial charge in [0.2, 0.25) is 0 Å². The molecule has 0 aliphatic heterocycles. The SMILES string of the molecule is Cc1nc(-c2ccc(NC(=O)NCC3=CCCCC3)cc2)cc(=O)[nH]1. The molecule has 130 valence electrons. The molecule has 0 atom stereocenters. The van der Waals surface area contributed by atoms with E-state index in [0.29, 0.717) is 23.8 Å². The summed E-state index contributed by atoms with van der Waals surface area (Å²) in [6, 6.07) is 8.51. The van der Waals surface area contributed by atoms with Crippen LogP contribution in [0.1, 0.15) is 31.5 Å². The molecule has 0 bridgehead atoms. The van der Waals surface area contributed by atoms with Crippen molar-refractivity contribution < 1.29 is 4.79 Å². The Bertz CT molecular complexity index is 837. The number of nitrogens with zero attached hydrogens (tertiary/aromatic N) is 1. The van der Waals surface area contributed by atoms with Crippen molar-refractivity contribution in [1.29, 1.82) is 0 Å². The third-order valence-electron chi connectivity index (χ3n) is 4.16. The topological polar surface area (TPSA) is 86.9 Å². The Kier molecular flexibility index (Phi) is 5.28. The van der Waals surface area contributed by atoms with Gasteiger partial charge in [-0.2, -0.15) is 0 Å². The third-order valence-corrected chi connectivity index (χ3v) is 4.16. The van der Waals surface area contributed by atoms with E-state index in [4.69, 9.17) is 0 Å². The summed E-state index contributed by atoms with van der Waals surface area (Å²) in [4.78, 5) is 30.5. The van der Waals surface area contributed by atoms with E-state index in [9.17, 15) is 9.59 Å². The number of carbonyl (C=O) groups is 1. The van der Waals surface area contributed by atoms with Crippen LogP contribution in [-0.2, 0) is 0 Å². The Morgan fingerprint density at radius 2 is 2.04 bits per heavy atom. The fraction of sp³-hybridized carbons (Fsp3) is 0.316. The molecule has 1 aliphatic carbocycles. The molecule has 1 aromatic heterocycles. The minimum absolute atomic E-state index is 0.180. The highest BCUT2D eigenvalue weighted by molar-refractivity contribution is 5.89. The second kappa shape index (κ2) is 7.79. The highest BCUT2D eigenvalue weighted by atomic mass is 16.2. The molecule has 0 fully saturated rings. The first-order chi connectivity index (χ1) is 12.1. The molecular weight excluding hydrogens is 316 g/mol. The van der Waals surface area contributed by atoms with Crippen LogP contribution >= 0.6 is 0 Å². The van der Waals surface area contributed by atoms with Crippen LogP contribution in [0.5, 0.6) is 0 Å². The van der Waals surface area contributed by atoms with Gasteiger partial charge >= 0.3 is 6.03 Å². The molecule has 0 spiro atoms. The van der Waals surface area contributed by atoms with Crippen molar-refractivity contribution in [3.05, 3.63) is 58.2 Å². The number of benzene rings is 1. The first-order valence-electron chi connectivity index (χ1n) is 8.51. The summed E-state index contributed by atoms with van der Waals surface area (Å²) in [5.74, 6) is 0.570. The van der Waals surface area contributed by atoms with Crippen molar-refractivity contribution in [3.8, 4) is 11.3 Å². The smallest absolute Gasteiger partial charge is 0.319 e. The van der Waals surface area contributed by atoms with E-state index in [1.807, 2.05) is 12.1 Å². The monoisotopic (exact) mass is 338 g/mol. The number of amides is 2. The number of carbonyl (C=O) groups excluding carboxylic acids is 1. The number of hydrogen-bond acceptors (Lipinski definition) is 3. The quantitative estimate of drug-likeness (QED) is 0.747. The van der Waals surface area contributed by atoms with E-state index in [1.165, 1.54) is 24.5 Å². The van der Waals surface area contributed by atoms with Gasteiger partial charge in [-0.3, -0.25) is 4.79 Å². The van der Waals surface area contributed by atoms with Crippen LogP contribution in [0.15, 0.2) is 46.8 Å². The minimum Gasteiger partial charge on any atom is -0.334 e. The second-order valence-corrected chi connectivity index (χ2v) is 6.21. The van der Waals surface area contributed by atoms with Crippen LogP contribution in [0.4, 0.5) is 10.5 Å². The van der Waals surface area contributed by atoms with Crippen LogP contribution in [0.3, 0.4) is 0 Å². The van der Waals surface area contributed by atoms with Crippen molar-refractivity contribution in [2.24, 2.45) is 0 Å². The Morgan fingerprint density at radius 3 is 2.72 bits per heavy atom. The zero-order valence-corrected chi connectivity index (χ0v) is 14.3. The lowest BCUT2D eigenvalue weighted by molar-refractivity contribution is 0.252. The lowest BCUT2D eigenvalue weighted by Gasteiger charge is -2.14. The van der Waals surface area contributed by atoms with E-state index in [2.05, 4.69) is 26.7 Å². The second-order valence-electron chi connectivity index (χ2n) is 6.21. The molecule has 1 aromatic carbocycles. The number of aromatic nitrogens is 2. The van der Waals surface area contributed by atoms with Crippen molar-refractivity contribution in [3.63, 3.8) is 0 Å². The number of rotatable bonds is 4. The van der Waals surface area contributed by atoms with Gasteiger partial charge in [0.25, 0.3) is 5.56 Å². The lowest BCUT2D eigenvalue weighted by atomic mass is 10.00. The van der Waals surface area contributed by atoms with Gasteiger partial charge in [-0.15, -0.1) is 0 Å². The Labute approximate surface area is 146 Å². The molecule has 2 aromatic rings. The number of nitrogens with one attached hydrogen (secondary N) is 3. The summed E-state index contributed by atoms with van der Waals surface area (Å²) in [6.07, 6.45) is 6.83. The van der Waals surface area contributed by atoms with E-state index in [0.717, 1.165) is 18.4 Å². The maximum atomic E-state index is 12.0. The van der Waals surface area contributed by atoms with Gasteiger partial charge in [0.05, 0.1) is 5.69 Å². The van der Waals surface area contributed by atoms with Crippen LogP contribution in [0, 0.1) is 6.92 Å². The van der Waals surface area contributed by atoms with Gasteiger partial charge in [0.15, 0.2) is 0 Å². The summed E-state index contributed by atoms with van der Waals surface area (Å²) in [7, 11) is 0. The van der Waals surface area contributed by atoms with Crippen LogP contribution in [0.2, 0.25) is 0 Å². The summed E-state index contributed by atoms with van der Waals surface area (Å²) in [5.41, 5.74) is 3.25. The molecule has 3 N–H and O–H groups in total. The molecule has 0 saturated carbocycles. The van der Waals surface area contributed by atoms with Gasteiger partial charge in [0, 0.05) is 23.9 Å². The fourth-order valence-corrected chi connectivity index (χ4v) is 2.89. The fourth-order valence-electron chi connectivity index (χ4n) is 2.89. The van der Waals surface area contributed by atoms with Crippen molar-refractivity contribution >= 4 is 11.7 Å². The molecule has 25 heavy (non-hydrogen) atoms. The molecule has 3 rings (SSSR count). The highest BCUT2D eigenvalue weighted by Crippen LogP contribution is 2.19. The normalized spacial score (nSPS) is 13.9. The average molecular weight is 338 g/mol. The average Bonchev–Trinajstić information content (AvgIpc) is 2.61. The Morgan fingerprint density at radius 1 is 1.24 bits per heavy atom. The van der Waals surface area contributed by atoms with E-state index in [1.54, 1.807) is 19.1 Å². The van der Waals surface area contributed by atoms with Crippen molar-refractivity contribution in [2.45, 2.75) is 32.6 Å². The molecule has 6 nitrogen and oxygen atoms in total. The number of allylic oxidation sites excluding steroid dienone is 1. The highest BCUT2D eigenvalue weighted by Gasteiger charge is 2.07. The first kappa shape index (κ1) is 17.0. The Balaban J connectivity index is 1.59. The van der Waals surface area contributed by atoms with E-state index in [-0.39, 0.29) is 11.6 Å². The number of urea groups is 1. The standard InChI is InChI=1S/C19H22N4O2/c1-13-21-17(11-18(24)22-13)15-7-9-16(10-8-15)23-19(25)20-12-14-5-3-2-4-6-14/h5,7-11H,2-4,6,12H2,1H3,(H2,20,23,25)(H,21,22,24). The zero-order chi connectivity index (χ0) is 17.6. The first-order valence-corrected chi connectivity index (χ1v) is 8.51. The summed E-state index contributed by atoms with van der Waals surface area (Å²) < 4.78 is 0. The summed E-state index contributed by atoms with van der Waals surface area (Å²) in [6.45, 7) is 2.34. The van der Waals surface area contributed by atoms with Gasteiger partial charge in [-0.1, -0.05) is 23.8 Å². The van der Waals surface area contributed by atoms with E-state index >= 15 is 0 Å². The molecule has 6 heteroatoms. The largest absolute Gasteiger partial charge is 0.334 e. The molecule has 2 amide bonds. The number of anilines is 1. The van der Waals surface area contributed by atoms with Gasteiger partial charge in [-0.25, -0.2) is 9.78 Å². The number of hydrogen-bond donors (Lipinski definition) is 3. The number of aromatic amines is 1. The van der Waals surface area contributed by atoms with E-state index < -0.39 is 0 Å². The summed E-state index contributed by atoms with van der Waals surface area (Å²) >= 11 is 0. The molecule has 0 saturated heterocycles. The van der Waals surface area contributed by atoms with Gasteiger partial charge in [0.1, 0.15) is 5.82 Å². The number of H-pyrrole nitrogens is 1. The molecular formula is C19H22N4O2. The van der Waals surface area contributed by atoms with Crippen LogP contribution in [0.25, 0.3) is 11.3 Å². The van der Waals surface area contributed by atoms with Gasteiger partial charge < -0.3 is 15.6 Å². The third kappa shape index (κ3) is 4.79. The molecule has 1 aliphatic rings. The number of aryl methyl sites for hydroxylation is 1. The molecule has 0 unspecified atom stereocenters. The Hall–Kier alpha value is -2.89. The predicted molar refractivity (Wildman–Crippen MR) is 98.6 cm³/mol. The zero-order valence-electron chi connectivity index (χ0n) is 14.3. The maximum absolute atomic E-state index is 12.0.